The van der Waals surface area contributed by atoms with Gasteiger partial charge in [0.2, 0.25) is 0 Å². The van der Waals surface area contributed by atoms with Gasteiger partial charge in [-0.3, -0.25) is 4.98 Å². The molecule has 1 aromatic carbocycles. The Morgan fingerprint density at radius 1 is 1.12 bits per heavy atom. The second-order valence-electron chi connectivity index (χ2n) is 6.70. The van der Waals surface area contributed by atoms with Crippen LogP contribution in [0.25, 0.3) is 10.2 Å². The molecule has 1 aliphatic carbocycles. The molecule has 5 nitrogen and oxygen atoms in total. The molecule has 0 atom stereocenters. The standard InChI is InChI=1S/C19H23N5S/c1-13-10-20-12-18(22-13)21-11-14-7-8-16-17(9-14)25-19(24-16)23-15-5-3-2-4-6-15/h7-10,12,15H,2-6,11H2,1H3,(H,21,22)(H,23,24). The second-order valence-corrected chi connectivity index (χ2v) is 7.73. The van der Waals surface area contributed by atoms with E-state index in [-0.39, 0.29) is 0 Å². The normalized spacial score (nSPS) is 15.4. The van der Waals surface area contributed by atoms with Crippen LogP contribution in [0.3, 0.4) is 0 Å². The highest BCUT2D eigenvalue weighted by Crippen LogP contribution is 2.29. The molecule has 1 aliphatic rings. The zero-order valence-corrected chi connectivity index (χ0v) is 15.3. The van der Waals surface area contributed by atoms with Gasteiger partial charge >= 0.3 is 0 Å². The summed E-state index contributed by atoms with van der Waals surface area (Å²) in [5.41, 5.74) is 3.22. The summed E-state index contributed by atoms with van der Waals surface area (Å²) < 4.78 is 1.23. The van der Waals surface area contributed by atoms with E-state index in [0.29, 0.717) is 6.04 Å². The average molecular weight is 353 g/mol. The minimum absolute atomic E-state index is 0.593. The molecule has 130 valence electrons. The SMILES string of the molecule is Cc1cncc(NCc2ccc3nc(NC4CCCCC4)sc3c2)n1. The monoisotopic (exact) mass is 353 g/mol. The van der Waals surface area contributed by atoms with Crippen LogP contribution in [0, 0.1) is 6.92 Å². The van der Waals surface area contributed by atoms with Crippen molar-refractivity contribution in [2.24, 2.45) is 0 Å². The van der Waals surface area contributed by atoms with Gasteiger partial charge in [-0.15, -0.1) is 0 Å². The van der Waals surface area contributed by atoms with Gasteiger partial charge in [0.05, 0.1) is 22.1 Å². The molecule has 25 heavy (non-hydrogen) atoms. The Kier molecular flexibility index (Phi) is 4.78. The average Bonchev–Trinajstić information content (AvgIpc) is 3.02. The third kappa shape index (κ3) is 4.07. The van der Waals surface area contributed by atoms with Crippen molar-refractivity contribution in [1.29, 1.82) is 0 Å². The summed E-state index contributed by atoms with van der Waals surface area (Å²) in [6.07, 6.45) is 10.1. The minimum Gasteiger partial charge on any atom is -0.365 e. The van der Waals surface area contributed by atoms with Crippen LogP contribution in [0.15, 0.2) is 30.6 Å². The number of anilines is 2. The Balaban J connectivity index is 1.44. The van der Waals surface area contributed by atoms with Gasteiger partial charge in [0.15, 0.2) is 5.13 Å². The number of thiazole rings is 1. The van der Waals surface area contributed by atoms with Gasteiger partial charge in [0.1, 0.15) is 5.82 Å². The van der Waals surface area contributed by atoms with Crippen molar-refractivity contribution in [3.8, 4) is 0 Å². The van der Waals surface area contributed by atoms with Crippen molar-refractivity contribution in [2.75, 3.05) is 10.6 Å². The van der Waals surface area contributed by atoms with E-state index in [9.17, 15) is 0 Å². The Labute approximate surface area is 151 Å². The molecule has 1 saturated carbocycles. The summed E-state index contributed by atoms with van der Waals surface area (Å²) in [7, 11) is 0. The topological polar surface area (TPSA) is 62.7 Å². The first-order valence-corrected chi connectivity index (χ1v) is 9.76. The van der Waals surface area contributed by atoms with Crippen LogP contribution in [-0.2, 0) is 6.54 Å². The molecule has 0 unspecified atom stereocenters. The zero-order valence-electron chi connectivity index (χ0n) is 14.5. The lowest BCUT2D eigenvalue weighted by Gasteiger charge is -2.22. The first-order chi connectivity index (χ1) is 12.3. The Hall–Kier alpha value is -2.21. The van der Waals surface area contributed by atoms with Crippen LogP contribution < -0.4 is 10.6 Å². The van der Waals surface area contributed by atoms with E-state index in [1.165, 1.54) is 42.4 Å². The number of fused-ring (bicyclic) bond motifs is 1. The Morgan fingerprint density at radius 2 is 2.00 bits per heavy atom. The van der Waals surface area contributed by atoms with Crippen LogP contribution in [0.1, 0.15) is 43.4 Å². The fourth-order valence-electron chi connectivity index (χ4n) is 3.30. The van der Waals surface area contributed by atoms with E-state index in [2.05, 4.69) is 38.8 Å². The third-order valence-corrected chi connectivity index (χ3v) is 5.56. The van der Waals surface area contributed by atoms with Crippen LogP contribution in [0.4, 0.5) is 10.9 Å². The van der Waals surface area contributed by atoms with Crippen molar-refractivity contribution < 1.29 is 0 Å². The Bertz CT molecular complexity index is 854. The third-order valence-electron chi connectivity index (χ3n) is 4.61. The zero-order chi connectivity index (χ0) is 17.1. The summed E-state index contributed by atoms with van der Waals surface area (Å²) in [4.78, 5) is 13.3. The molecular weight excluding hydrogens is 330 g/mol. The molecule has 0 aliphatic heterocycles. The summed E-state index contributed by atoms with van der Waals surface area (Å²) in [5, 5.41) is 8.01. The van der Waals surface area contributed by atoms with Gasteiger partial charge in [0, 0.05) is 18.8 Å². The van der Waals surface area contributed by atoms with E-state index >= 15 is 0 Å². The molecule has 0 saturated heterocycles. The highest BCUT2D eigenvalue weighted by atomic mass is 32.1. The molecule has 2 aromatic heterocycles. The van der Waals surface area contributed by atoms with Crippen molar-refractivity contribution >= 4 is 32.5 Å². The van der Waals surface area contributed by atoms with Crippen molar-refractivity contribution in [2.45, 2.75) is 51.6 Å². The van der Waals surface area contributed by atoms with Crippen LogP contribution >= 0.6 is 11.3 Å². The molecule has 4 rings (SSSR count). The van der Waals surface area contributed by atoms with E-state index in [0.717, 1.165) is 28.7 Å². The number of aromatic nitrogens is 3. The molecule has 1 fully saturated rings. The first-order valence-electron chi connectivity index (χ1n) is 8.95. The molecular formula is C19H23N5S. The number of nitrogens with zero attached hydrogens (tertiary/aromatic N) is 3. The molecule has 2 N–H and O–H groups in total. The summed E-state index contributed by atoms with van der Waals surface area (Å²) in [6, 6.07) is 7.05. The lowest BCUT2D eigenvalue weighted by molar-refractivity contribution is 0.462. The maximum Gasteiger partial charge on any atom is 0.184 e. The molecule has 2 heterocycles. The predicted octanol–water partition coefficient (Wildman–Crippen LogP) is 4.75. The predicted molar refractivity (Wildman–Crippen MR) is 104 cm³/mol. The van der Waals surface area contributed by atoms with E-state index in [1.807, 2.05) is 6.92 Å². The van der Waals surface area contributed by atoms with Gasteiger partial charge in [-0.1, -0.05) is 36.7 Å². The lowest BCUT2D eigenvalue weighted by Crippen LogP contribution is -2.21. The largest absolute Gasteiger partial charge is 0.365 e. The highest BCUT2D eigenvalue weighted by molar-refractivity contribution is 7.22. The molecule has 0 radical (unpaired) electrons. The number of benzene rings is 1. The van der Waals surface area contributed by atoms with Gasteiger partial charge in [-0.2, -0.15) is 0 Å². The Morgan fingerprint density at radius 3 is 2.84 bits per heavy atom. The number of aryl methyl sites for hydroxylation is 1. The minimum atomic E-state index is 0.593. The van der Waals surface area contributed by atoms with Gasteiger partial charge < -0.3 is 10.6 Å². The summed E-state index contributed by atoms with van der Waals surface area (Å²) in [5.74, 6) is 0.809. The van der Waals surface area contributed by atoms with Crippen LogP contribution in [0.2, 0.25) is 0 Å². The maximum absolute atomic E-state index is 4.74. The number of hydrogen-bond donors (Lipinski definition) is 2. The lowest BCUT2D eigenvalue weighted by atomic mass is 9.96. The van der Waals surface area contributed by atoms with Crippen molar-refractivity contribution in [3.05, 3.63) is 41.9 Å². The molecule has 6 heteroatoms. The van der Waals surface area contributed by atoms with Crippen molar-refractivity contribution in [1.82, 2.24) is 15.0 Å². The molecule has 3 aromatic rings. The first kappa shape index (κ1) is 16.3. The van der Waals surface area contributed by atoms with E-state index in [1.54, 1.807) is 23.7 Å². The smallest absolute Gasteiger partial charge is 0.184 e. The summed E-state index contributed by atoms with van der Waals surface area (Å²) >= 11 is 1.75. The summed E-state index contributed by atoms with van der Waals surface area (Å²) in [6.45, 7) is 2.68. The number of nitrogens with one attached hydrogen (secondary N) is 2. The number of hydrogen-bond acceptors (Lipinski definition) is 6. The molecule has 0 spiro atoms. The van der Waals surface area contributed by atoms with Gasteiger partial charge in [0.25, 0.3) is 0 Å². The van der Waals surface area contributed by atoms with Crippen LogP contribution in [0.5, 0.6) is 0 Å². The quantitative estimate of drug-likeness (QED) is 0.693. The number of rotatable bonds is 5. The molecule has 0 amide bonds. The van der Waals surface area contributed by atoms with Crippen LogP contribution in [-0.4, -0.2) is 21.0 Å². The van der Waals surface area contributed by atoms with E-state index < -0.39 is 0 Å². The van der Waals surface area contributed by atoms with Gasteiger partial charge in [-0.05, 0) is 37.5 Å². The van der Waals surface area contributed by atoms with Crippen molar-refractivity contribution in [3.63, 3.8) is 0 Å². The maximum atomic E-state index is 4.74. The molecule has 0 bridgehead atoms. The van der Waals surface area contributed by atoms with E-state index in [4.69, 9.17) is 4.98 Å². The fourth-order valence-corrected chi connectivity index (χ4v) is 4.31. The fraction of sp³-hybridized carbons (Fsp3) is 0.421. The second kappa shape index (κ2) is 7.35. The van der Waals surface area contributed by atoms with Gasteiger partial charge in [-0.25, -0.2) is 9.97 Å². The highest BCUT2D eigenvalue weighted by Gasteiger charge is 2.15.